The van der Waals surface area contributed by atoms with Gasteiger partial charge < -0.3 is 10.2 Å². The van der Waals surface area contributed by atoms with Gasteiger partial charge in [0, 0.05) is 19.6 Å². The van der Waals surface area contributed by atoms with E-state index >= 15 is 0 Å². The summed E-state index contributed by atoms with van der Waals surface area (Å²) in [5.74, 6) is 2.60. The van der Waals surface area contributed by atoms with Crippen molar-refractivity contribution in [1.29, 1.82) is 0 Å². The summed E-state index contributed by atoms with van der Waals surface area (Å²) in [5.41, 5.74) is 1.03. The van der Waals surface area contributed by atoms with Crippen LogP contribution >= 0.6 is 0 Å². The summed E-state index contributed by atoms with van der Waals surface area (Å²) in [6.45, 7) is 10.8. The third-order valence-corrected chi connectivity index (χ3v) is 4.31. The molecule has 1 unspecified atom stereocenters. The Morgan fingerprint density at radius 1 is 1.24 bits per heavy atom. The van der Waals surface area contributed by atoms with Crippen LogP contribution < -0.4 is 10.2 Å². The van der Waals surface area contributed by atoms with Crippen LogP contribution in [0.4, 0.5) is 5.82 Å². The third-order valence-electron chi connectivity index (χ3n) is 4.31. The zero-order valence-corrected chi connectivity index (χ0v) is 13.8. The number of anilines is 1. The third kappa shape index (κ3) is 5.27. The molecule has 0 spiro atoms. The normalized spacial score (nSPS) is 19.8. The molecule has 0 saturated carbocycles. The summed E-state index contributed by atoms with van der Waals surface area (Å²) in [5, 5.41) is 12.2. The fourth-order valence-corrected chi connectivity index (χ4v) is 2.91. The maximum Gasteiger partial charge on any atom is 0.151 e. The molecular formula is C17H30N4. The first-order valence-corrected chi connectivity index (χ1v) is 8.47. The highest BCUT2D eigenvalue weighted by molar-refractivity contribution is 5.37. The Kier molecular flexibility index (Phi) is 6.43. The van der Waals surface area contributed by atoms with Gasteiger partial charge in [-0.2, -0.15) is 5.10 Å². The van der Waals surface area contributed by atoms with E-state index in [9.17, 15) is 0 Å². The van der Waals surface area contributed by atoms with Crippen LogP contribution in [0.5, 0.6) is 0 Å². The number of aromatic nitrogens is 2. The van der Waals surface area contributed by atoms with Gasteiger partial charge in [-0.3, -0.25) is 0 Å². The number of hydrogen-bond donors (Lipinski definition) is 1. The van der Waals surface area contributed by atoms with Crippen LogP contribution in [-0.2, 0) is 6.54 Å². The van der Waals surface area contributed by atoms with Gasteiger partial charge in [0.25, 0.3) is 0 Å². The number of nitrogens with one attached hydrogen (secondary N) is 1. The van der Waals surface area contributed by atoms with Crippen molar-refractivity contribution in [2.24, 2.45) is 11.8 Å². The van der Waals surface area contributed by atoms with E-state index in [1.165, 1.54) is 25.7 Å². The molecule has 0 aliphatic carbocycles. The first kappa shape index (κ1) is 16.2. The Labute approximate surface area is 129 Å². The van der Waals surface area contributed by atoms with Crippen LogP contribution in [0.3, 0.4) is 0 Å². The number of hydrogen-bond acceptors (Lipinski definition) is 4. The Balaban J connectivity index is 1.86. The standard InChI is InChI=1S/C17H30N4/c1-4-15-6-5-10-21(11-9-15)17-8-7-16(19-20-17)13-18-12-14(2)3/h7-8,14-15,18H,4-6,9-13H2,1-3H3. The number of nitrogens with zero attached hydrogens (tertiary/aromatic N) is 3. The number of rotatable bonds is 6. The molecule has 1 aliphatic rings. The molecule has 1 aromatic heterocycles. The van der Waals surface area contributed by atoms with Crippen molar-refractivity contribution in [3.63, 3.8) is 0 Å². The van der Waals surface area contributed by atoms with E-state index in [0.29, 0.717) is 5.92 Å². The van der Waals surface area contributed by atoms with Gasteiger partial charge >= 0.3 is 0 Å². The largest absolute Gasteiger partial charge is 0.355 e. The topological polar surface area (TPSA) is 41.0 Å². The Morgan fingerprint density at radius 3 is 2.76 bits per heavy atom. The molecule has 1 aromatic rings. The van der Waals surface area contributed by atoms with Crippen molar-refractivity contribution in [2.75, 3.05) is 24.5 Å². The van der Waals surface area contributed by atoms with Crippen molar-refractivity contribution >= 4 is 5.82 Å². The zero-order valence-electron chi connectivity index (χ0n) is 13.8. The van der Waals surface area contributed by atoms with Gasteiger partial charge in [-0.15, -0.1) is 5.10 Å². The minimum absolute atomic E-state index is 0.667. The molecule has 1 fully saturated rings. The predicted molar refractivity (Wildman–Crippen MR) is 88.4 cm³/mol. The van der Waals surface area contributed by atoms with Gasteiger partial charge in [0.05, 0.1) is 5.69 Å². The summed E-state index contributed by atoms with van der Waals surface area (Å²) < 4.78 is 0. The molecule has 1 N–H and O–H groups in total. The fraction of sp³-hybridized carbons (Fsp3) is 0.765. The first-order chi connectivity index (χ1) is 10.2. The van der Waals surface area contributed by atoms with Gasteiger partial charge in [0.15, 0.2) is 5.82 Å². The highest BCUT2D eigenvalue weighted by Gasteiger charge is 2.16. The van der Waals surface area contributed by atoms with Crippen LogP contribution in [0.2, 0.25) is 0 Å². The van der Waals surface area contributed by atoms with Crippen molar-refractivity contribution in [3.05, 3.63) is 17.8 Å². The van der Waals surface area contributed by atoms with Crippen molar-refractivity contribution in [3.8, 4) is 0 Å². The summed E-state index contributed by atoms with van der Waals surface area (Å²) >= 11 is 0. The SMILES string of the molecule is CCC1CCCN(c2ccc(CNCC(C)C)nn2)CC1. The first-order valence-electron chi connectivity index (χ1n) is 8.47. The van der Waals surface area contributed by atoms with Gasteiger partial charge in [-0.25, -0.2) is 0 Å². The van der Waals surface area contributed by atoms with Crippen LogP contribution in [-0.4, -0.2) is 29.8 Å². The highest BCUT2D eigenvalue weighted by atomic mass is 15.3. The molecule has 4 heteroatoms. The van der Waals surface area contributed by atoms with Crippen LogP contribution in [0.25, 0.3) is 0 Å². The molecular weight excluding hydrogens is 260 g/mol. The Morgan fingerprint density at radius 2 is 2.10 bits per heavy atom. The lowest BCUT2D eigenvalue weighted by atomic mass is 9.98. The van der Waals surface area contributed by atoms with Gasteiger partial charge in [-0.1, -0.05) is 27.2 Å². The van der Waals surface area contributed by atoms with Crippen LogP contribution in [0.1, 0.15) is 52.1 Å². The van der Waals surface area contributed by atoms with Gasteiger partial charge in [0.2, 0.25) is 0 Å². The molecule has 4 nitrogen and oxygen atoms in total. The second-order valence-corrected chi connectivity index (χ2v) is 6.60. The second kappa shape index (κ2) is 8.32. The quantitative estimate of drug-likeness (QED) is 0.873. The van der Waals surface area contributed by atoms with Gasteiger partial charge in [-0.05, 0) is 49.8 Å². The average molecular weight is 290 g/mol. The predicted octanol–water partition coefficient (Wildman–Crippen LogP) is 3.24. The minimum atomic E-state index is 0.667. The second-order valence-electron chi connectivity index (χ2n) is 6.60. The molecule has 0 radical (unpaired) electrons. The highest BCUT2D eigenvalue weighted by Crippen LogP contribution is 2.22. The van der Waals surface area contributed by atoms with Crippen LogP contribution in [0.15, 0.2) is 12.1 Å². The molecule has 1 saturated heterocycles. The lowest BCUT2D eigenvalue weighted by Gasteiger charge is -2.21. The fourth-order valence-electron chi connectivity index (χ4n) is 2.91. The van der Waals surface area contributed by atoms with E-state index in [1.54, 1.807) is 0 Å². The lowest BCUT2D eigenvalue weighted by molar-refractivity contribution is 0.459. The van der Waals surface area contributed by atoms with E-state index in [4.69, 9.17) is 0 Å². The molecule has 0 aromatic carbocycles. The molecule has 1 atom stereocenters. The summed E-state index contributed by atoms with van der Waals surface area (Å²) in [4.78, 5) is 2.40. The smallest absolute Gasteiger partial charge is 0.151 e. The van der Waals surface area contributed by atoms with E-state index in [0.717, 1.165) is 43.6 Å². The maximum absolute atomic E-state index is 4.43. The Hall–Kier alpha value is -1.16. The molecule has 2 rings (SSSR count). The molecule has 0 amide bonds. The van der Waals surface area contributed by atoms with Crippen molar-refractivity contribution in [1.82, 2.24) is 15.5 Å². The van der Waals surface area contributed by atoms with E-state index in [-0.39, 0.29) is 0 Å². The van der Waals surface area contributed by atoms with E-state index in [2.05, 4.69) is 53.3 Å². The van der Waals surface area contributed by atoms with Crippen molar-refractivity contribution < 1.29 is 0 Å². The summed E-state index contributed by atoms with van der Waals surface area (Å²) in [6, 6.07) is 4.24. The van der Waals surface area contributed by atoms with Crippen LogP contribution in [0, 0.1) is 11.8 Å². The van der Waals surface area contributed by atoms with E-state index in [1.807, 2.05) is 0 Å². The Bertz CT molecular complexity index is 402. The molecule has 21 heavy (non-hydrogen) atoms. The monoisotopic (exact) mass is 290 g/mol. The lowest BCUT2D eigenvalue weighted by Crippen LogP contribution is -2.26. The molecule has 0 bridgehead atoms. The van der Waals surface area contributed by atoms with E-state index < -0.39 is 0 Å². The maximum atomic E-state index is 4.43. The van der Waals surface area contributed by atoms with Crippen molar-refractivity contribution in [2.45, 2.75) is 53.0 Å². The summed E-state index contributed by atoms with van der Waals surface area (Å²) in [6.07, 6.45) is 5.23. The zero-order chi connectivity index (χ0) is 15.1. The molecule has 2 heterocycles. The summed E-state index contributed by atoms with van der Waals surface area (Å²) in [7, 11) is 0. The van der Waals surface area contributed by atoms with Gasteiger partial charge in [0.1, 0.15) is 0 Å². The molecule has 118 valence electrons. The average Bonchev–Trinajstić information content (AvgIpc) is 2.73. The molecule has 1 aliphatic heterocycles. The minimum Gasteiger partial charge on any atom is -0.355 e.